The lowest BCUT2D eigenvalue weighted by atomic mass is 9.46. The van der Waals surface area contributed by atoms with Gasteiger partial charge in [-0.2, -0.15) is 5.10 Å². The predicted molar refractivity (Wildman–Crippen MR) is 101 cm³/mol. The number of hydrogen-bond donors (Lipinski definition) is 1. The minimum Gasteiger partial charge on any atom is -0.390 e. The summed E-state index contributed by atoms with van der Waals surface area (Å²) in [7, 11) is 0. The van der Waals surface area contributed by atoms with Crippen molar-refractivity contribution in [2.75, 3.05) is 13.1 Å². The molecule has 1 amide bonds. The minimum atomic E-state index is -0.644. The van der Waals surface area contributed by atoms with Crippen LogP contribution in [-0.4, -0.2) is 49.4 Å². The molecule has 1 aromatic rings. The van der Waals surface area contributed by atoms with Gasteiger partial charge in [0.05, 0.1) is 16.6 Å². The molecule has 0 unspecified atom stereocenters. The number of amides is 1. The topological polar surface area (TPSA) is 71.2 Å². The van der Waals surface area contributed by atoms with Crippen LogP contribution in [0.1, 0.15) is 65.2 Å². The Bertz CT molecular complexity index is 715. The van der Waals surface area contributed by atoms with Crippen LogP contribution in [0.2, 0.25) is 0 Å². The van der Waals surface area contributed by atoms with E-state index in [1.165, 1.54) is 6.42 Å². The van der Waals surface area contributed by atoms with E-state index in [1.54, 1.807) is 6.33 Å². The van der Waals surface area contributed by atoms with Crippen LogP contribution < -0.4 is 0 Å². The van der Waals surface area contributed by atoms with Gasteiger partial charge in [-0.3, -0.25) is 4.79 Å². The summed E-state index contributed by atoms with van der Waals surface area (Å²) in [4.78, 5) is 20.1. The largest absolute Gasteiger partial charge is 0.390 e. The van der Waals surface area contributed by atoms with Gasteiger partial charge in [-0.15, -0.1) is 0 Å². The highest BCUT2D eigenvalue weighted by atomic mass is 16.3. The second-order valence-electron chi connectivity index (χ2n) is 10.3. The van der Waals surface area contributed by atoms with Crippen molar-refractivity contribution in [1.82, 2.24) is 19.7 Å². The summed E-state index contributed by atoms with van der Waals surface area (Å²) in [5, 5.41) is 15.2. The maximum Gasteiger partial charge on any atom is 0.228 e. The maximum absolute atomic E-state index is 13.8. The number of hydrogen-bond acceptors (Lipinski definition) is 4. The second kappa shape index (κ2) is 5.79. The fourth-order valence-electron chi connectivity index (χ4n) is 7.39. The third kappa shape index (κ3) is 2.59. The Morgan fingerprint density at radius 2 is 2.00 bits per heavy atom. The Morgan fingerprint density at radius 1 is 1.26 bits per heavy atom. The average Bonchev–Trinajstić information content (AvgIpc) is 3.15. The van der Waals surface area contributed by atoms with Crippen molar-refractivity contribution < 1.29 is 9.90 Å². The smallest absolute Gasteiger partial charge is 0.228 e. The molecule has 4 bridgehead atoms. The van der Waals surface area contributed by atoms with Gasteiger partial charge in [0.15, 0.2) is 0 Å². The molecule has 1 aromatic heterocycles. The first-order valence-corrected chi connectivity index (χ1v) is 10.7. The molecule has 27 heavy (non-hydrogen) atoms. The fraction of sp³-hybridized carbons (Fsp3) is 0.857. The van der Waals surface area contributed by atoms with Crippen LogP contribution in [0.4, 0.5) is 0 Å². The highest BCUT2D eigenvalue weighted by Crippen LogP contribution is 2.64. The average molecular weight is 373 g/mol. The molecule has 4 saturated carbocycles. The van der Waals surface area contributed by atoms with Crippen molar-refractivity contribution in [1.29, 1.82) is 0 Å². The molecule has 1 saturated heterocycles. The molecule has 0 aromatic carbocycles. The summed E-state index contributed by atoms with van der Waals surface area (Å²) in [6.07, 6.45) is 11.7. The highest BCUT2D eigenvalue weighted by molar-refractivity contribution is 5.83. The Hall–Kier alpha value is -1.43. The fourth-order valence-corrected chi connectivity index (χ4v) is 7.39. The van der Waals surface area contributed by atoms with Gasteiger partial charge in [-0.1, -0.05) is 6.92 Å². The SMILES string of the molecule is CC[C@H]1CN(C(=O)C23C[C@H]4C[C@H](C2)CC(n2cncn2)(C4)C3)CC[C@@]1(C)O. The molecule has 0 spiro atoms. The van der Waals surface area contributed by atoms with E-state index in [1.807, 2.05) is 13.3 Å². The Morgan fingerprint density at radius 3 is 2.63 bits per heavy atom. The van der Waals surface area contributed by atoms with E-state index in [0.717, 1.165) is 38.5 Å². The normalized spacial score (nSPS) is 46.0. The molecule has 0 radical (unpaired) electrons. The molecule has 5 aliphatic rings. The van der Waals surface area contributed by atoms with Crippen molar-refractivity contribution >= 4 is 5.91 Å². The van der Waals surface area contributed by atoms with Crippen molar-refractivity contribution in [2.45, 2.75) is 76.4 Å². The lowest BCUT2D eigenvalue weighted by molar-refractivity contribution is -0.172. The summed E-state index contributed by atoms with van der Waals surface area (Å²) in [6, 6.07) is 0. The molecule has 1 aliphatic heterocycles. The highest BCUT2D eigenvalue weighted by Gasteiger charge is 2.62. The number of rotatable bonds is 3. The molecule has 2 heterocycles. The number of likely N-dealkylation sites (tertiary alicyclic amines) is 1. The van der Waals surface area contributed by atoms with E-state index in [2.05, 4.69) is 26.6 Å². The predicted octanol–water partition coefficient (Wildman–Crippen LogP) is 2.58. The van der Waals surface area contributed by atoms with Crippen molar-refractivity contribution in [3.05, 3.63) is 12.7 Å². The van der Waals surface area contributed by atoms with Crippen LogP contribution in [0.25, 0.3) is 0 Å². The number of nitrogens with zero attached hydrogens (tertiary/aromatic N) is 4. The molecule has 148 valence electrons. The van der Waals surface area contributed by atoms with E-state index in [9.17, 15) is 9.90 Å². The van der Waals surface area contributed by atoms with Gasteiger partial charge in [0.25, 0.3) is 0 Å². The van der Waals surface area contributed by atoms with Crippen molar-refractivity contribution in [3.63, 3.8) is 0 Å². The molecule has 5 fully saturated rings. The van der Waals surface area contributed by atoms with E-state index < -0.39 is 5.60 Å². The Balaban J connectivity index is 1.44. The monoisotopic (exact) mass is 372 g/mol. The van der Waals surface area contributed by atoms with Crippen LogP contribution >= 0.6 is 0 Å². The number of aliphatic hydroxyl groups is 1. The van der Waals surface area contributed by atoms with Gasteiger partial charge < -0.3 is 10.0 Å². The van der Waals surface area contributed by atoms with Crippen molar-refractivity contribution in [3.8, 4) is 0 Å². The Labute approximate surface area is 161 Å². The zero-order valence-electron chi connectivity index (χ0n) is 16.6. The maximum atomic E-state index is 13.8. The molecule has 4 aliphatic carbocycles. The van der Waals surface area contributed by atoms with E-state index in [0.29, 0.717) is 37.3 Å². The van der Waals surface area contributed by atoms with Gasteiger partial charge in [0, 0.05) is 19.0 Å². The lowest BCUT2D eigenvalue weighted by Gasteiger charge is -2.62. The number of carbonyl (C=O) groups excluding carboxylic acids is 1. The first kappa shape index (κ1) is 17.7. The summed E-state index contributed by atoms with van der Waals surface area (Å²) >= 11 is 0. The van der Waals surface area contributed by atoms with Crippen LogP contribution in [-0.2, 0) is 10.3 Å². The van der Waals surface area contributed by atoms with Gasteiger partial charge in [-0.05, 0) is 70.1 Å². The first-order chi connectivity index (χ1) is 12.9. The molecule has 1 N–H and O–H groups in total. The van der Waals surface area contributed by atoms with Gasteiger partial charge in [0.2, 0.25) is 5.91 Å². The lowest BCUT2D eigenvalue weighted by Crippen LogP contribution is -2.63. The van der Waals surface area contributed by atoms with E-state index >= 15 is 0 Å². The van der Waals surface area contributed by atoms with Crippen LogP contribution in [0.3, 0.4) is 0 Å². The van der Waals surface area contributed by atoms with Crippen LogP contribution in [0.15, 0.2) is 12.7 Å². The van der Waals surface area contributed by atoms with Gasteiger partial charge in [-0.25, -0.2) is 9.67 Å². The summed E-state index contributed by atoms with van der Waals surface area (Å²) in [5.41, 5.74) is -0.881. The minimum absolute atomic E-state index is 0.0122. The molecule has 6 nitrogen and oxygen atoms in total. The second-order valence-corrected chi connectivity index (χ2v) is 10.3. The molecule has 6 heteroatoms. The van der Waals surface area contributed by atoms with Gasteiger partial charge in [0.1, 0.15) is 12.7 Å². The number of aromatic nitrogens is 3. The molecule has 6 rings (SSSR count). The third-order valence-corrected chi connectivity index (χ3v) is 8.38. The number of carbonyl (C=O) groups is 1. The zero-order valence-corrected chi connectivity index (χ0v) is 16.6. The van der Waals surface area contributed by atoms with Crippen LogP contribution in [0, 0.1) is 23.2 Å². The van der Waals surface area contributed by atoms with E-state index in [4.69, 9.17) is 0 Å². The quantitative estimate of drug-likeness (QED) is 0.885. The third-order valence-electron chi connectivity index (χ3n) is 8.38. The van der Waals surface area contributed by atoms with Crippen molar-refractivity contribution in [2.24, 2.45) is 23.2 Å². The van der Waals surface area contributed by atoms with E-state index in [-0.39, 0.29) is 16.9 Å². The van der Waals surface area contributed by atoms with Gasteiger partial charge >= 0.3 is 0 Å². The van der Waals surface area contributed by atoms with Crippen LogP contribution in [0.5, 0.6) is 0 Å². The standard InChI is InChI=1S/C21H32N4O2/c1-3-17-11-24(5-4-19(17,2)27)18(26)20-7-15-6-16(8-20)10-21(9-15,12-20)25-14-22-13-23-25/h13-17,27H,3-12H2,1-2H3/t15-,16-,17+,19-,20?,21?/m1/s1. The molecular formula is C21H32N4O2. The molecular weight excluding hydrogens is 340 g/mol. The number of piperidine rings is 1. The summed E-state index contributed by atoms with van der Waals surface area (Å²) in [6.45, 7) is 5.45. The first-order valence-electron chi connectivity index (χ1n) is 10.7. The zero-order chi connectivity index (χ0) is 18.9. The molecule has 4 atom stereocenters. The summed E-state index contributed by atoms with van der Waals surface area (Å²) in [5.74, 6) is 1.80. The Kier molecular flexibility index (Phi) is 3.78. The summed E-state index contributed by atoms with van der Waals surface area (Å²) < 4.78 is 2.07.